The van der Waals surface area contributed by atoms with Gasteiger partial charge in [0.05, 0.1) is 13.1 Å². The third kappa shape index (κ3) is 7.17. The Morgan fingerprint density at radius 2 is 1.72 bits per heavy atom. The van der Waals surface area contributed by atoms with Gasteiger partial charge in [0.15, 0.2) is 0 Å². The third-order valence-electron chi connectivity index (χ3n) is 1.82. The van der Waals surface area contributed by atoms with E-state index in [4.69, 9.17) is 10.8 Å². The smallest absolute Gasteiger partial charge is 0.322 e. The highest BCUT2D eigenvalue weighted by Gasteiger charge is 2.15. The Labute approximate surface area is 103 Å². The van der Waals surface area contributed by atoms with E-state index in [1.54, 1.807) is 0 Å². The van der Waals surface area contributed by atoms with Gasteiger partial charge in [0.2, 0.25) is 17.7 Å². The predicted octanol–water partition coefficient (Wildman–Crippen LogP) is -3.23. The van der Waals surface area contributed by atoms with Crippen molar-refractivity contribution in [1.29, 1.82) is 0 Å². The van der Waals surface area contributed by atoms with Crippen LogP contribution in [0.2, 0.25) is 0 Å². The maximum Gasteiger partial charge on any atom is 0.322 e. The summed E-state index contributed by atoms with van der Waals surface area (Å²) in [6, 6.07) is -0.826. The predicted molar refractivity (Wildman–Crippen MR) is 60.3 cm³/mol. The summed E-state index contributed by atoms with van der Waals surface area (Å²) in [6.45, 7) is 0.303. The first kappa shape index (κ1) is 15.8. The van der Waals surface area contributed by atoms with Crippen molar-refractivity contribution in [2.45, 2.75) is 13.0 Å². The monoisotopic (exact) mass is 260 g/mol. The highest BCUT2D eigenvalue weighted by molar-refractivity contribution is 5.91. The molecular weight excluding hydrogens is 244 g/mol. The number of carbonyl (C=O) groups is 4. The number of rotatable bonds is 7. The fourth-order valence-electron chi connectivity index (χ4n) is 0.923. The standard InChI is InChI=1S/C9H16N4O5/c1-5(13-6(14)2-10)9(18)12-3-7(15)11-4-8(16)17/h5H,2-4,10H2,1H3,(H,11,15)(H,12,18)(H,13,14)(H,16,17). The van der Waals surface area contributed by atoms with Crippen molar-refractivity contribution in [3.05, 3.63) is 0 Å². The Kier molecular flexibility index (Phi) is 7.05. The second-order valence-electron chi connectivity index (χ2n) is 3.38. The lowest BCUT2D eigenvalue weighted by Gasteiger charge is -2.13. The Morgan fingerprint density at radius 3 is 2.22 bits per heavy atom. The summed E-state index contributed by atoms with van der Waals surface area (Å²) in [4.78, 5) is 43.5. The molecule has 0 spiro atoms. The second-order valence-corrected chi connectivity index (χ2v) is 3.38. The molecule has 0 fully saturated rings. The molecule has 9 heteroatoms. The van der Waals surface area contributed by atoms with E-state index >= 15 is 0 Å². The van der Waals surface area contributed by atoms with Crippen LogP contribution in [0.1, 0.15) is 6.92 Å². The van der Waals surface area contributed by atoms with Gasteiger partial charge in [-0.3, -0.25) is 19.2 Å². The summed E-state index contributed by atoms with van der Waals surface area (Å²) in [5.74, 6) is -2.88. The summed E-state index contributed by atoms with van der Waals surface area (Å²) < 4.78 is 0. The van der Waals surface area contributed by atoms with Crippen LogP contribution in [0.4, 0.5) is 0 Å². The first-order chi connectivity index (χ1) is 8.36. The molecule has 0 aliphatic rings. The van der Waals surface area contributed by atoms with E-state index < -0.39 is 36.3 Å². The van der Waals surface area contributed by atoms with Crippen LogP contribution in [-0.4, -0.2) is 54.5 Å². The molecule has 0 radical (unpaired) electrons. The van der Waals surface area contributed by atoms with Crippen molar-refractivity contribution >= 4 is 23.7 Å². The van der Waals surface area contributed by atoms with Gasteiger partial charge < -0.3 is 26.8 Å². The lowest BCUT2D eigenvalue weighted by molar-refractivity contribution is -0.138. The molecule has 0 bridgehead atoms. The molecule has 1 unspecified atom stereocenters. The molecule has 0 aliphatic carbocycles. The van der Waals surface area contributed by atoms with Crippen molar-refractivity contribution in [1.82, 2.24) is 16.0 Å². The molecule has 0 aromatic carbocycles. The molecule has 3 amide bonds. The van der Waals surface area contributed by atoms with E-state index in [-0.39, 0.29) is 13.1 Å². The van der Waals surface area contributed by atoms with Gasteiger partial charge in [-0.25, -0.2) is 0 Å². The first-order valence-electron chi connectivity index (χ1n) is 5.12. The lowest BCUT2D eigenvalue weighted by atomic mass is 10.3. The van der Waals surface area contributed by atoms with E-state index in [1.165, 1.54) is 6.92 Å². The molecule has 0 rings (SSSR count). The fraction of sp³-hybridized carbons (Fsp3) is 0.556. The summed E-state index contributed by atoms with van der Waals surface area (Å²) in [5.41, 5.74) is 5.05. The zero-order valence-corrected chi connectivity index (χ0v) is 9.86. The van der Waals surface area contributed by atoms with Gasteiger partial charge in [-0.2, -0.15) is 0 Å². The van der Waals surface area contributed by atoms with Crippen LogP contribution in [0, 0.1) is 0 Å². The minimum absolute atomic E-state index is 0.239. The van der Waals surface area contributed by atoms with Crippen LogP contribution in [0.5, 0.6) is 0 Å². The minimum Gasteiger partial charge on any atom is -0.480 e. The summed E-state index contributed by atoms with van der Waals surface area (Å²) >= 11 is 0. The van der Waals surface area contributed by atoms with Crippen molar-refractivity contribution in [3.63, 3.8) is 0 Å². The SMILES string of the molecule is CC(NC(=O)CN)C(=O)NCC(=O)NCC(=O)O. The molecule has 1 atom stereocenters. The molecule has 6 N–H and O–H groups in total. The van der Waals surface area contributed by atoms with E-state index in [1.807, 2.05) is 0 Å². The van der Waals surface area contributed by atoms with Crippen LogP contribution in [0.25, 0.3) is 0 Å². The first-order valence-corrected chi connectivity index (χ1v) is 5.12. The number of amides is 3. The molecule has 0 aliphatic heterocycles. The van der Waals surface area contributed by atoms with Gasteiger partial charge >= 0.3 is 5.97 Å². The molecule has 18 heavy (non-hydrogen) atoms. The Morgan fingerprint density at radius 1 is 1.11 bits per heavy atom. The maximum atomic E-state index is 11.4. The zero-order chi connectivity index (χ0) is 14.1. The molecule has 102 valence electrons. The molecule has 0 aromatic rings. The van der Waals surface area contributed by atoms with Gasteiger partial charge in [-0.1, -0.05) is 0 Å². The third-order valence-corrected chi connectivity index (χ3v) is 1.82. The number of carboxylic acids is 1. The van der Waals surface area contributed by atoms with Crippen LogP contribution in [-0.2, 0) is 19.2 Å². The van der Waals surface area contributed by atoms with Crippen molar-refractivity contribution in [2.24, 2.45) is 5.73 Å². The highest BCUT2D eigenvalue weighted by Crippen LogP contribution is 1.81. The Hall–Kier alpha value is -2.16. The molecule has 0 saturated carbocycles. The van der Waals surface area contributed by atoms with E-state index in [0.29, 0.717) is 0 Å². The number of nitrogens with two attached hydrogens (primary N) is 1. The van der Waals surface area contributed by atoms with Crippen LogP contribution in [0.15, 0.2) is 0 Å². The van der Waals surface area contributed by atoms with E-state index in [9.17, 15) is 19.2 Å². The van der Waals surface area contributed by atoms with Crippen molar-refractivity contribution in [2.75, 3.05) is 19.6 Å². The maximum absolute atomic E-state index is 11.4. The summed E-state index contributed by atoms with van der Waals surface area (Å²) in [5, 5.41) is 14.9. The van der Waals surface area contributed by atoms with E-state index in [0.717, 1.165) is 0 Å². The molecule has 9 nitrogen and oxygen atoms in total. The van der Waals surface area contributed by atoms with Crippen LogP contribution in [0.3, 0.4) is 0 Å². The van der Waals surface area contributed by atoms with E-state index in [2.05, 4.69) is 16.0 Å². The van der Waals surface area contributed by atoms with Gasteiger partial charge in [0, 0.05) is 0 Å². The highest BCUT2D eigenvalue weighted by atomic mass is 16.4. The summed E-state index contributed by atoms with van der Waals surface area (Å²) in [6.07, 6.45) is 0. The van der Waals surface area contributed by atoms with Gasteiger partial charge in [-0.05, 0) is 6.92 Å². The average Bonchev–Trinajstić information content (AvgIpc) is 2.32. The number of carboxylic acid groups (broad SMARTS) is 1. The number of hydrogen-bond donors (Lipinski definition) is 5. The topological polar surface area (TPSA) is 151 Å². The quantitative estimate of drug-likeness (QED) is 0.324. The minimum atomic E-state index is -1.18. The molecule has 0 saturated heterocycles. The van der Waals surface area contributed by atoms with Gasteiger partial charge in [0.1, 0.15) is 12.6 Å². The fourth-order valence-corrected chi connectivity index (χ4v) is 0.923. The number of nitrogens with one attached hydrogen (secondary N) is 3. The summed E-state index contributed by atoms with van der Waals surface area (Å²) in [7, 11) is 0. The Balaban J connectivity index is 3.91. The largest absolute Gasteiger partial charge is 0.480 e. The van der Waals surface area contributed by atoms with Crippen molar-refractivity contribution in [3.8, 4) is 0 Å². The Bertz CT molecular complexity index is 344. The normalized spacial score (nSPS) is 11.2. The van der Waals surface area contributed by atoms with Gasteiger partial charge in [-0.15, -0.1) is 0 Å². The number of aliphatic carboxylic acids is 1. The lowest BCUT2D eigenvalue weighted by Crippen LogP contribution is -2.49. The average molecular weight is 260 g/mol. The van der Waals surface area contributed by atoms with Crippen LogP contribution < -0.4 is 21.7 Å². The molecular formula is C9H16N4O5. The number of hydrogen-bond acceptors (Lipinski definition) is 5. The van der Waals surface area contributed by atoms with Crippen molar-refractivity contribution < 1.29 is 24.3 Å². The molecule has 0 heterocycles. The second kappa shape index (κ2) is 8.01. The van der Waals surface area contributed by atoms with Gasteiger partial charge in [0.25, 0.3) is 0 Å². The molecule has 0 aromatic heterocycles. The number of carbonyl (C=O) groups excluding carboxylic acids is 3. The zero-order valence-electron chi connectivity index (χ0n) is 9.86. The van der Waals surface area contributed by atoms with Crippen LogP contribution >= 0.6 is 0 Å².